The maximum absolute atomic E-state index is 10.4. The molecule has 4 nitrogen and oxygen atoms in total. The van der Waals surface area contributed by atoms with Crippen LogP contribution in [0.5, 0.6) is 0 Å². The van der Waals surface area contributed by atoms with Crippen molar-refractivity contribution in [3.05, 3.63) is 0 Å². The minimum Gasteiger partial charge on any atom is -1.00 e. The summed E-state index contributed by atoms with van der Waals surface area (Å²) in [5, 5.41) is 25.7. The van der Waals surface area contributed by atoms with Crippen molar-refractivity contribution in [2.24, 2.45) is 5.41 Å². The van der Waals surface area contributed by atoms with Crippen LogP contribution < -0.4 is 29.6 Å². The Labute approximate surface area is 89.0 Å². The minimum absolute atomic E-state index is 0. The number of carboxylic acids is 1. The van der Waals surface area contributed by atoms with Crippen LogP contribution in [0.2, 0.25) is 0 Å². The predicted molar refractivity (Wildman–Crippen MR) is 35.6 cm³/mol. The maximum atomic E-state index is 10.4. The van der Waals surface area contributed by atoms with Crippen LogP contribution in [0.1, 0.15) is 14.8 Å². The average Bonchev–Trinajstić information content (AvgIpc) is 1.92. The molecule has 5 heteroatoms. The van der Waals surface area contributed by atoms with Gasteiger partial charge in [0.1, 0.15) is 5.41 Å². The maximum Gasteiger partial charge on any atom is 1.00 e. The number of carbonyl (C=O) groups is 1. The van der Waals surface area contributed by atoms with Crippen LogP contribution in [-0.2, 0) is 4.79 Å². The van der Waals surface area contributed by atoms with Gasteiger partial charge in [-0.3, -0.25) is 4.79 Å². The van der Waals surface area contributed by atoms with Gasteiger partial charge in [0.25, 0.3) is 0 Å². The molecular formula is C6H13NaO4. The van der Waals surface area contributed by atoms with Crippen LogP contribution in [0.15, 0.2) is 0 Å². The third-order valence-corrected chi connectivity index (χ3v) is 1.74. The molecule has 0 aromatic heterocycles. The van der Waals surface area contributed by atoms with Crippen molar-refractivity contribution >= 4 is 5.97 Å². The summed E-state index contributed by atoms with van der Waals surface area (Å²) in [5.41, 5.74) is -1.35. The molecule has 0 saturated carbocycles. The van der Waals surface area contributed by atoms with Crippen molar-refractivity contribution in [3.8, 4) is 0 Å². The van der Waals surface area contributed by atoms with Crippen molar-refractivity contribution in [1.82, 2.24) is 0 Å². The summed E-state index contributed by atoms with van der Waals surface area (Å²) < 4.78 is 0. The summed E-state index contributed by atoms with van der Waals surface area (Å²) >= 11 is 0. The SMILES string of the molecule is CCC(CO)(CO)C(=O)O.[H-].[Na+]. The van der Waals surface area contributed by atoms with Gasteiger partial charge < -0.3 is 16.7 Å². The first kappa shape index (κ1) is 13.9. The first-order chi connectivity index (χ1) is 4.63. The molecule has 11 heavy (non-hydrogen) atoms. The Kier molecular flexibility index (Phi) is 7.57. The van der Waals surface area contributed by atoms with E-state index in [9.17, 15) is 4.79 Å². The zero-order valence-corrected chi connectivity index (χ0v) is 8.87. The predicted octanol–water partition coefficient (Wildman–Crippen LogP) is -3.43. The van der Waals surface area contributed by atoms with Crippen molar-refractivity contribution in [2.45, 2.75) is 13.3 Å². The van der Waals surface area contributed by atoms with Crippen LogP contribution >= 0.6 is 0 Å². The summed E-state index contributed by atoms with van der Waals surface area (Å²) in [6, 6.07) is 0. The van der Waals surface area contributed by atoms with E-state index in [2.05, 4.69) is 0 Å². The number of aliphatic hydroxyl groups excluding tert-OH is 2. The second-order valence-electron chi connectivity index (χ2n) is 2.26. The van der Waals surface area contributed by atoms with E-state index in [4.69, 9.17) is 15.3 Å². The van der Waals surface area contributed by atoms with E-state index in [-0.39, 0.29) is 37.4 Å². The van der Waals surface area contributed by atoms with Gasteiger partial charge in [-0.25, -0.2) is 0 Å². The van der Waals surface area contributed by atoms with Crippen molar-refractivity contribution in [1.29, 1.82) is 0 Å². The average molecular weight is 172 g/mol. The Morgan fingerprint density at radius 1 is 1.45 bits per heavy atom. The van der Waals surface area contributed by atoms with Crippen LogP contribution in [0.3, 0.4) is 0 Å². The second-order valence-corrected chi connectivity index (χ2v) is 2.26. The van der Waals surface area contributed by atoms with Crippen LogP contribution in [0.4, 0.5) is 0 Å². The fraction of sp³-hybridized carbons (Fsp3) is 0.833. The molecule has 0 amide bonds. The molecule has 0 rings (SSSR count). The number of aliphatic hydroxyl groups is 2. The minimum atomic E-state index is -1.35. The first-order valence-corrected chi connectivity index (χ1v) is 3.08. The monoisotopic (exact) mass is 172 g/mol. The van der Waals surface area contributed by atoms with Crippen molar-refractivity contribution in [2.75, 3.05) is 13.2 Å². The summed E-state index contributed by atoms with van der Waals surface area (Å²) in [6.45, 7) is 0.575. The number of carboxylic acid groups (broad SMARTS) is 1. The quantitative estimate of drug-likeness (QED) is 0.386. The van der Waals surface area contributed by atoms with Crippen molar-refractivity contribution in [3.63, 3.8) is 0 Å². The molecule has 0 spiro atoms. The van der Waals surface area contributed by atoms with Gasteiger partial charge in [-0.2, -0.15) is 0 Å². The third-order valence-electron chi connectivity index (χ3n) is 1.74. The molecule has 0 radical (unpaired) electrons. The van der Waals surface area contributed by atoms with Gasteiger partial charge in [-0.15, -0.1) is 0 Å². The van der Waals surface area contributed by atoms with Gasteiger partial charge in [0.15, 0.2) is 0 Å². The Balaban J connectivity index is -0.000000405. The summed E-state index contributed by atoms with van der Waals surface area (Å²) in [6.07, 6.45) is 0.231. The molecule has 0 aliphatic carbocycles. The second kappa shape index (κ2) is 5.97. The van der Waals surface area contributed by atoms with E-state index in [1.807, 2.05) is 0 Å². The van der Waals surface area contributed by atoms with E-state index in [0.717, 1.165) is 0 Å². The number of hydrogen-bond acceptors (Lipinski definition) is 3. The molecule has 0 aromatic carbocycles. The molecule has 0 heterocycles. The van der Waals surface area contributed by atoms with Crippen LogP contribution in [-0.4, -0.2) is 34.5 Å². The molecule has 0 unspecified atom stereocenters. The molecule has 0 bridgehead atoms. The van der Waals surface area contributed by atoms with E-state index in [1.54, 1.807) is 6.92 Å². The fourth-order valence-corrected chi connectivity index (χ4v) is 0.560. The van der Waals surface area contributed by atoms with E-state index in [1.165, 1.54) is 0 Å². The summed E-state index contributed by atoms with van der Waals surface area (Å²) in [4.78, 5) is 10.4. The van der Waals surface area contributed by atoms with Gasteiger partial charge in [0.2, 0.25) is 0 Å². The van der Waals surface area contributed by atoms with Gasteiger partial charge in [0, 0.05) is 0 Å². The Morgan fingerprint density at radius 2 is 1.82 bits per heavy atom. The Morgan fingerprint density at radius 3 is 1.82 bits per heavy atom. The summed E-state index contributed by atoms with van der Waals surface area (Å²) in [7, 11) is 0. The molecule has 0 atom stereocenters. The Hall–Kier alpha value is 0.390. The summed E-state index contributed by atoms with van der Waals surface area (Å²) in [5.74, 6) is -1.15. The van der Waals surface area contributed by atoms with Crippen molar-refractivity contribution < 1.29 is 51.1 Å². The molecule has 3 N–H and O–H groups in total. The molecule has 0 aromatic rings. The smallest absolute Gasteiger partial charge is 1.00 e. The van der Waals surface area contributed by atoms with E-state index >= 15 is 0 Å². The molecule has 0 aliphatic rings. The topological polar surface area (TPSA) is 77.8 Å². The zero-order chi connectivity index (χ0) is 8.20. The van der Waals surface area contributed by atoms with E-state index < -0.39 is 24.6 Å². The largest absolute Gasteiger partial charge is 1.00 e. The molecule has 0 fully saturated rings. The van der Waals surface area contributed by atoms with Crippen LogP contribution in [0, 0.1) is 5.41 Å². The Bertz CT molecular complexity index is 118. The fourth-order valence-electron chi connectivity index (χ4n) is 0.560. The number of hydrogen-bond donors (Lipinski definition) is 3. The van der Waals surface area contributed by atoms with Gasteiger partial charge in [0.05, 0.1) is 13.2 Å². The van der Waals surface area contributed by atoms with Gasteiger partial charge in [-0.1, -0.05) is 6.92 Å². The van der Waals surface area contributed by atoms with E-state index in [0.29, 0.717) is 0 Å². The van der Waals surface area contributed by atoms with Gasteiger partial charge >= 0.3 is 35.5 Å². The standard InChI is InChI=1S/C6H12O4.Na.H/c1-2-6(3-7,4-8)5(9)10;;/h7-8H,2-4H2,1H3,(H,9,10);;/q;+1;-1. The van der Waals surface area contributed by atoms with Gasteiger partial charge in [-0.05, 0) is 6.42 Å². The first-order valence-electron chi connectivity index (χ1n) is 3.08. The normalized spacial score (nSPS) is 10.5. The third kappa shape index (κ3) is 3.09. The van der Waals surface area contributed by atoms with Crippen LogP contribution in [0.25, 0.3) is 0 Å². The molecule has 62 valence electrons. The number of rotatable bonds is 4. The molecule has 0 aliphatic heterocycles. The zero-order valence-electron chi connectivity index (χ0n) is 7.87. The molecule has 0 saturated heterocycles. The molecular weight excluding hydrogens is 159 g/mol. The number of aliphatic carboxylic acids is 1.